The predicted molar refractivity (Wildman–Crippen MR) is 40.7 cm³/mol. The lowest BCUT2D eigenvalue weighted by molar-refractivity contribution is -0.499. The lowest BCUT2D eigenvalue weighted by atomic mass is 10.3. The number of carbonyl (C=O) groups excluding carboxylic acids is 2. The summed E-state index contributed by atoms with van der Waals surface area (Å²) in [5.41, 5.74) is 4.96. The Morgan fingerprint density at radius 2 is 1.86 bits per heavy atom. The minimum Gasteiger partial charge on any atom is -0.457 e. The molecule has 1 unspecified atom stereocenters. The molecule has 0 spiro atoms. The van der Waals surface area contributed by atoms with E-state index in [4.69, 9.17) is 16.1 Å². The van der Waals surface area contributed by atoms with Crippen molar-refractivity contribution in [2.45, 2.75) is 26.2 Å². The number of rotatable bonds is 5. The first-order chi connectivity index (χ1) is 6.34. The van der Waals surface area contributed by atoms with Crippen molar-refractivity contribution in [3.05, 3.63) is 0 Å². The van der Waals surface area contributed by atoms with Crippen LogP contribution in [0.4, 0.5) is 0 Å². The van der Waals surface area contributed by atoms with Crippen LogP contribution < -0.4 is 5.73 Å². The van der Waals surface area contributed by atoms with Gasteiger partial charge in [0, 0.05) is 0 Å². The quantitative estimate of drug-likeness (QED) is 0.223. The van der Waals surface area contributed by atoms with Crippen LogP contribution in [-0.4, -0.2) is 39.9 Å². The van der Waals surface area contributed by atoms with Crippen LogP contribution in [0.3, 0.4) is 0 Å². The minimum atomic E-state index is -1.81. The highest BCUT2D eigenvalue weighted by molar-refractivity contribution is 6.35. The number of ketones is 1. The summed E-state index contributed by atoms with van der Waals surface area (Å²) >= 11 is 0. The molecule has 0 radical (unpaired) electrons. The highest BCUT2D eigenvalue weighted by atomic mass is 17.1. The van der Waals surface area contributed by atoms with Crippen molar-refractivity contribution in [3.8, 4) is 0 Å². The molecule has 8 nitrogen and oxygen atoms in total. The molecule has 0 rings (SSSR count). The number of esters is 1. The lowest BCUT2D eigenvalue weighted by Gasteiger charge is -2.13. The summed E-state index contributed by atoms with van der Waals surface area (Å²) in [6.07, 6.45) is -2.28. The molecule has 0 aliphatic heterocycles. The van der Waals surface area contributed by atoms with Crippen LogP contribution >= 0.6 is 0 Å². The van der Waals surface area contributed by atoms with E-state index in [0.717, 1.165) is 0 Å². The maximum atomic E-state index is 10.9. The average molecular weight is 208 g/mol. The van der Waals surface area contributed by atoms with Crippen LogP contribution in [0.5, 0.6) is 0 Å². The number of nitrogens with two attached hydrogens (primary N) is 1. The molecule has 0 aromatic carbocycles. The topological polar surface area (TPSA) is 122 Å². The Morgan fingerprint density at radius 3 is 2.21 bits per heavy atom. The monoisotopic (exact) mass is 208 g/mol. The van der Waals surface area contributed by atoms with Crippen LogP contribution in [-0.2, 0) is 19.2 Å². The Bertz CT molecular complexity index is 216. The van der Waals surface area contributed by atoms with Crippen molar-refractivity contribution < 1.29 is 29.6 Å². The number of Topliss-reactive ketones (excluding diaryl/α,β-unsaturated/α-hetero) is 1. The van der Waals surface area contributed by atoms with Gasteiger partial charge < -0.3 is 4.74 Å². The van der Waals surface area contributed by atoms with Gasteiger partial charge in [0.25, 0.3) is 5.78 Å². The molecule has 0 saturated heterocycles. The van der Waals surface area contributed by atoms with E-state index < -0.39 is 29.5 Å². The van der Waals surface area contributed by atoms with Gasteiger partial charge in [-0.1, -0.05) is 0 Å². The highest BCUT2D eigenvalue weighted by Gasteiger charge is 2.26. The van der Waals surface area contributed by atoms with Crippen molar-refractivity contribution in [2.24, 2.45) is 5.73 Å². The van der Waals surface area contributed by atoms with Crippen LogP contribution in [0.2, 0.25) is 0 Å². The van der Waals surface area contributed by atoms with Crippen LogP contribution in [0.1, 0.15) is 13.8 Å². The standard InChI is InChI=1S/C6H12N2O6/c1-3(2)13-6(10)4(9)5(7)14-8(11)12/h3,5,11-12H,7H2,1-2H3. The summed E-state index contributed by atoms with van der Waals surface area (Å²) in [6.45, 7) is 3.09. The molecule has 0 saturated carbocycles. The van der Waals surface area contributed by atoms with E-state index in [9.17, 15) is 9.59 Å². The first-order valence-corrected chi connectivity index (χ1v) is 3.69. The summed E-state index contributed by atoms with van der Waals surface area (Å²) in [5, 5.41) is 15.5. The summed E-state index contributed by atoms with van der Waals surface area (Å²) in [6, 6.07) is 0. The second kappa shape index (κ2) is 5.62. The Kier molecular flexibility index (Phi) is 5.20. The number of hydrogen-bond acceptors (Lipinski definition) is 8. The van der Waals surface area contributed by atoms with Crippen molar-refractivity contribution in [3.63, 3.8) is 0 Å². The molecule has 1 atom stereocenters. The van der Waals surface area contributed by atoms with E-state index in [0.29, 0.717) is 0 Å². The fourth-order valence-electron chi connectivity index (χ4n) is 0.538. The minimum absolute atomic E-state index is 0.474. The van der Waals surface area contributed by atoms with Gasteiger partial charge in [0.15, 0.2) is 0 Å². The normalized spacial score (nSPS) is 13.1. The molecule has 0 aliphatic rings. The molecule has 0 aliphatic carbocycles. The average Bonchev–Trinajstić information content (AvgIpc) is 2.00. The van der Waals surface area contributed by atoms with Gasteiger partial charge in [0.1, 0.15) is 0 Å². The van der Waals surface area contributed by atoms with Crippen LogP contribution in [0.15, 0.2) is 0 Å². The van der Waals surface area contributed by atoms with E-state index in [1.54, 1.807) is 13.8 Å². The molecular formula is C6H12N2O6. The third-order valence-electron chi connectivity index (χ3n) is 1.01. The first-order valence-electron chi connectivity index (χ1n) is 3.69. The largest absolute Gasteiger partial charge is 0.457 e. The second-order valence-corrected chi connectivity index (χ2v) is 2.60. The Balaban J connectivity index is 4.11. The SMILES string of the molecule is CC(C)OC(=O)C(=O)C(N)ON(O)O. The Hall–Kier alpha value is -1.06. The highest BCUT2D eigenvalue weighted by Crippen LogP contribution is 1.95. The second-order valence-electron chi connectivity index (χ2n) is 2.60. The van der Waals surface area contributed by atoms with Crippen molar-refractivity contribution >= 4 is 11.8 Å². The van der Waals surface area contributed by atoms with Crippen molar-refractivity contribution in [1.82, 2.24) is 5.39 Å². The van der Waals surface area contributed by atoms with E-state index in [-0.39, 0.29) is 0 Å². The van der Waals surface area contributed by atoms with E-state index in [2.05, 4.69) is 9.57 Å². The zero-order valence-corrected chi connectivity index (χ0v) is 7.71. The van der Waals surface area contributed by atoms with Gasteiger partial charge in [-0.15, -0.1) is 0 Å². The van der Waals surface area contributed by atoms with Gasteiger partial charge in [-0.05, 0) is 13.8 Å². The third-order valence-corrected chi connectivity index (χ3v) is 1.01. The van der Waals surface area contributed by atoms with Crippen molar-refractivity contribution in [1.29, 1.82) is 0 Å². The summed E-state index contributed by atoms with van der Waals surface area (Å²) in [7, 11) is 0. The molecule has 0 aromatic rings. The molecule has 0 heterocycles. The Labute approximate surface area is 79.7 Å². The third kappa shape index (κ3) is 4.84. The summed E-state index contributed by atoms with van der Waals surface area (Å²) in [4.78, 5) is 25.7. The molecule has 0 amide bonds. The molecule has 14 heavy (non-hydrogen) atoms. The van der Waals surface area contributed by atoms with Gasteiger partial charge in [-0.25, -0.2) is 9.63 Å². The smallest absolute Gasteiger partial charge is 0.379 e. The molecule has 0 fully saturated rings. The molecule has 8 heteroatoms. The summed E-state index contributed by atoms with van der Waals surface area (Å²) in [5.74, 6) is -2.42. The first kappa shape index (κ1) is 12.9. The van der Waals surface area contributed by atoms with Crippen LogP contribution in [0.25, 0.3) is 0 Å². The van der Waals surface area contributed by atoms with Gasteiger partial charge in [0.05, 0.1) is 11.5 Å². The fraction of sp³-hybridized carbons (Fsp3) is 0.667. The molecule has 82 valence electrons. The summed E-state index contributed by atoms with van der Waals surface area (Å²) < 4.78 is 4.48. The van der Waals surface area contributed by atoms with Gasteiger partial charge in [-0.3, -0.25) is 20.9 Å². The number of carbonyl (C=O) groups is 2. The van der Waals surface area contributed by atoms with E-state index >= 15 is 0 Å². The van der Waals surface area contributed by atoms with Gasteiger partial charge >= 0.3 is 5.97 Å². The molecule has 4 N–H and O–H groups in total. The Morgan fingerprint density at radius 1 is 1.36 bits per heavy atom. The molecule has 0 bridgehead atoms. The number of hydrogen-bond donors (Lipinski definition) is 3. The van der Waals surface area contributed by atoms with E-state index in [1.165, 1.54) is 0 Å². The molecule has 0 aromatic heterocycles. The van der Waals surface area contributed by atoms with Gasteiger partial charge in [-0.2, -0.15) is 0 Å². The fourth-order valence-corrected chi connectivity index (χ4v) is 0.538. The molecular weight excluding hydrogens is 196 g/mol. The van der Waals surface area contributed by atoms with Crippen molar-refractivity contribution in [2.75, 3.05) is 0 Å². The maximum absolute atomic E-state index is 10.9. The maximum Gasteiger partial charge on any atom is 0.379 e. The van der Waals surface area contributed by atoms with E-state index in [1.807, 2.05) is 0 Å². The zero-order valence-electron chi connectivity index (χ0n) is 7.71. The van der Waals surface area contributed by atoms with Gasteiger partial charge in [0.2, 0.25) is 6.23 Å². The number of ether oxygens (including phenoxy) is 1. The predicted octanol–water partition coefficient (Wildman–Crippen LogP) is -1.20. The van der Waals surface area contributed by atoms with Crippen LogP contribution in [0, 0.1) is 0 Å². The number of nitrogens with zero attached hydrogens (tertiary/aromatic N) is 1. The lowest BCUT2D eigenvalue weighted by Crippen LogP contribution is -2.43. The zero-order chi connectivity index (χ0) is 11.3.